The van der Waals surface area contributed by atoms with Gasteiger partial charge in [0.1, 0.15) is 17.2 Å². The van der Waals surface area contributed by atoms with E-state index in [1.807, 2.05) is 42.2 Å². The second-order valence-electron chi connectivity index (χ2n) is 9.05. The third-order valence-corrected chi connectivity index (χ3v) is 6.62. The number of phenolic OH excluding ortho intramolecular Hbond substituents is 1. The first-order chi connectivity index (χ1) is 17.1. The van der Waals surface area contributed by atoms with Crippen molar-refractivity contribution >= 4 is 11.6 Å². The molecule has 6 rings (SSSR count). The predicted molar refractivity (Wildman–Crippen MR) is 130 cm³/mol. The zero-order valence-corrected chi connectivity index (χ0v) is 19.5. The SMILES string of the molecule is Cc1ccc(-c2ccnc(-n3ncc(C(=O)N4CCN(c5ccccc5O)CC4)c3C3CC3)n2)o1. The molecule has 1 aliphatic carbocycles. The van der Waals surface area contributed by atoms with Crippen molar-refractivity contribution in [1.82, 2.24) is 24.6 Å². The summed E-state index contributed by atoms with van der Waals surface area (Å²) in [6.45, 7) is 4.36. The second-order valence-corrected chi connectivity index (χ2v) is 9.05. The number of para-hydroxylation sites is 2. The number of hydrogen-bond acceptors (Lipinski definition) is 7. The van der Waals surface area contributed by atoms with Gasteiger partial charge >= 0.3 is 0 Å². The molecule has 0 spiro atoms. The van der Waals surface area contributed by atoms with E-state index in [0.29, 0.717) is 49.1 Å². The Morgan fingerprint density at radius 3 is 2.57 bits per heavy atom. The van der Waals surface area contributed by atoms with E-state index in [4.69, 9.17) is 4.42 Å². The minimum absolute atomic E-state index is 0.0205. The number of anilines is 1. The summed E-state index contributed by atoms with van der Waals surface area (Å²) < 4.78 is 7.43. The van der Waals surface area contributed by atoms with Crippen molar-refractivity contribution in [3.63, 3.8) is 0 Å². The van der Waals surface area contributed by atoms with E-state index in [-0.39, 0.29) is 17.6 Å². The summed E-state index contributed by atoms with van der Waals surface area (Å²) in [5, 5.41) is 14.7. The quantitative estimate of drug-likeness (QED) is 0.474. The maximum absolute atomic E-state index is 13.5. The Kier molecular flexibility index (Phi) is 5.24. The molecule has 1 amide bonds. The summed E-state index contributed by atoms with van der Waals surface area (Å²) in [6.07, 6.45) is 5.38. The standard InChI is InChI=1S/C26H26N6O3/c1-17-6-9-23(35-17)20-10-11-27-26(29-20)32-24(18-7-8-18)19(16-28-32)25(34)31-14-12-30(13-15-31)21-4-2-3-5-22(21)33/h2-6,9-11,16,18,33H,7-8,12-15H2,1H3. The number of aryl methyl sites for hydroxylation is 1. The number of aromatic nitrogens is 4. The van der Waals surface area contributed by atoms with Crippen molar-refractivity contribution in [3.05, 3.63) is 71.9 Å². The van der Waals surface area contributed by atoms with E-state index < -0.39 is 0 Å². The van der Waals surface area contributed by atoms with Gasteiger partial charge in [0.25, 0.3) is 11.9 Å². The van der Waals surface area contributed by atoms with Crippen molar-refractivity contribution in [2.45, 2.75) is 25.7 Å². The van der Waals surface area contributed by atoms with Gasteiger partial charge in [0.2, 0.25) is 0 Å². The van der Waals surface area contributed by atoms with Crippen LogP contribution in [0.2, 0.25) is 0 Å². The number of hydrogen-bond donors (Lipinski definition) is 1. The number of phenols is 1. The first kappa shape index (κ1) is 21.4. The lowest BCUT2D eigenvalue weighted by molar-refractivity contribution is 0.0745. The number of furan rings is 1. The van der Waals surface area contributed by atoms with Gasteiger partial charge in [0, 0.05) is 38.3 Å². The summed E-state index contributed by atoms with van der Waals surface area (Å²) >= 11 is 0. The summed E-state index contributed by atoms with van der Waals surface area (Å²) in [4.78, 5) is 26.6. The van der Waals surface area contributed by atoms with Gasteiger partial charge in [-0.1, -0.05) is 12.1 Å². The molecule has 35 heavy (non-hydrogen) atoms. The first-order valence-electron chi connectivity index (χ1n) is 11.9. The third-order valence-electron chi connectivity index (χ3n) is 6.62. The van der Waals surface area contributed by atoms with Crippen LogP contribution in [0.15, 0.2) is 59.3 Å². The topological polar surface area (TPSA) is 101 Å². The number of amides is 1. The van der Waals surface area contributed by atoms with Crippen LogP contribution < -0.4 is 4.90 Å². The fourth-order valence-corrected chi connectivity index (χ4v) is 4.64. The molecule has 1 aromatic carbocycles. The summed E-state index contributed by atoms with van der Waals surface area (Å²) in [5.41, 5.74) is 2.97. The highest BCUT2D eigenvalue weighted by Gasteiger charge is 2.35. The van der Waals surface area contributed by atoms with Gasteiger partial charge in [0.15, 0.2) is 5.76 Å². The Morgan fingerprint density at radius 2 is 1.86 bits per heavy atom. The molecule has 0 radical (unpaired) electrons. The van der Waals surface area contributed by atoms with Crippen LogP contribution in [-0.2, 0) is 0 Å². The number of aromatic hydroxyl groups is 1. The van der Waals surface area contributed by atoms with Crippen LogP contribution in [0.25, 0.3) is 17.4 Å². The van der Waals surface area contributed by atoms with Gasteiger partial charge in [-0.3, -0.25) is 4.79 Å². The van der Waals surface area contributed by atoms with Crippen LogP contribution in [-0.4, -0.2) is 61.8 Å². The van der Waals surface area contributed by atoms with E-state index >= 15 is 0 Å². The third kappa shape index (κ3) is 4.03. The second kappa shape index (κ2) is 8.57. The van der Waals surface area contributed by atoms with Gasteiger partial charge in [0.05, 0.1) is 23.1 Å². The van der Waals surface area contributed by atoms with E-state index in [9.17, 15) is 9.90 Å². The zero-order chi connectivity index (χ0) is 23.9. The van der Waals surface area contributed by atoms with Crippen molar-refractivity contribution in [2.75, 3.05) is 31.1 Å². The van der Waals surface area contributed by atoms with E-state index in [1.165, 1.54) is 0 Å². The number of nitrogens with zero attached hydrogens (tertiary/aromatic N) is 6. The number of rotatable bonds is 5. The molecule has 2 fully saturated rings. The Bertz CT molecular complexity index is 1380. The lowest BCUT2D eigenvalue weighted by Crippen LogP contribution is -2.49. The first-order valence-corrected chi connectivity index (χ1v) is 11.9. The van der Waals surface area contributed by atoms with Crippen LogP contribution in [0, 0.1) is 6.92 Å². The Balaban J connectivity index is 1.25. The summed E-state index contributed by atoms with van der Waals surface area (Å²) in [6, 6.07) is 12.9. The van der Waals surface area contributed by atoms with Gasteiger partial charge in [-0.25, -0.2) is 14.6 Å². The Hall–Kier alpha value is -4.14. The molecule has 4 aromatic rings. The molecule has 1 aliphatic heterocycles. The fourth-order valence-electron chi connectivity index (χ4n) is 4.64. The molecule has 0 unspecified atom stereocenters. The Labute approximate surface area is 202 Å². The van der Waals surface area contributed by atoms with Crippen LogP contribution in [0.1, 0.15) is 40.6 Å². The van der Waals surface area contributed by atoms with Gasteiger partial charge in [-0.05, 0) is 50.1 Å². The number of carbonyl (C=O) groups excluding carboxylic acids is 1. The number of benzene rings is 1. The predicted octanol–water partition coefficient (Wildman–Crippen LogP) is 3.78. The van der Waals surface area contributed by atoms with E-state index in [2.05, 4.69) is 20.0 Å². The highest BCUT2D eigenvalue weighted by atomic mass is 16.3. The minimum atomic E-state index is -0.0205. The van der Waals surface area contributed by atoms with Crippen molar-refractivity contribution < 1.29 is 14.3 Å². The molecule has 2 aliphatic rings. The molecule has 0 bridgehead atoms. The molecule has 1 N–H and O–H groups in total. The van der Waals surface area contributed by atoms with Crippen LogP contribution in [0.4, 0.5) is 5.69 Å². The molecule has 178 valence electrons. The zero-order valence-electron chi connectivity index (χ0n) is 19.5. The monoisotopic (exact) mass is 470 g/mol. The van der Waals surface area contributed by atoms with Crippen molar-refractivity contribution in [2.24, 2.45) is 0 Å². The molecule has 9 nitrogen and oxygen atoms in total. The van der Waals surface area contributed by atoms with Gasteiger partial charge < -0.3 is 19.3 Å². The average Bonchev–Trinajstić information content (AvgIpc) is 3.47. The van der Waals surface area contributed by atoms with Crippen LogP contribution in [0.5, 0.6) is 5.75 Å². The molecule has 9 heteroatoms. The van der Waals surface area contributed by atoms with E-state index in [1.54, 1.807) is 29.2 Å². The lowest BCUT2D eigenvalue weighted by Gasteiger charge is -2.36. The van der Waals surface area contributed by atoms with E-state index in [0.717, 1.165) is 30.0 Å². The average molecular weight is 471 g/mol. The normalized spacial score (nSPS) is 16.0. The highest BCUT2D eigenvalue weighted by molar-refractivity contribution is 5.95. The maximum atomic E-state index is 13.5. The largest absolute Gasteiger partial charge is 0.506 e. The molecular formula is C26H26N6O3. The van der Waals surface area contributed by atoms with Gasteiger partial charge in [-0.15, -0.1) is 0 Å². The fraction of sp³-hybridized carbons (Fsp3) is 0.308. The summed E-state index contributed by atoms with van der Waals surface area (Å²) in [7, 11) is 0. The van der Waals surface area contributed by atoms with Crippen molar-refractivity contribution in [3.8, 4) is 23.2 Å². The smallest absolute Gasteiger partial charge is 0.257 e. The minimum Gasteiger partial charge on any atom is -0.506 e. The molecule has 0 atom stereocenters. The number of carbonyl (C=O) groups is 1. The van der Waals surface area contributed by atoms with Gasteiger partial charge in [-0.2, -0.15) is 5.10 Å². The maximum Gasteiger partial charge on any atom is 0.257 e. The van der Waals surface area contributed by atoms with Crippen LogP contribution in [0.3, 0.4) is 0 Å². The van der Waals surface area contributed by atoms with Crippen molar-refractivity contribution in [1.29, 1.82) is 0 Å². The lowest BCUT2D eigenvalue weighted by atomic mass is 10.1. The molecular weight excluding hydrogens is 444 g/mol. The summed E-state index contributed by atoms with van der Waals surface area (Å²) in [5.74, 6) is 2.43. The molecule has 4 heterocycles. The molecule has 3 aromatic heterocycles. The Morgan fingerprint density at radius 1 is 1.06 bits per heavy atom. The number of piperazine rings is 1. The van der Waals surface area contributed by atoms with Crippen LogP contribution >= 0.6 is 0 Å². The molecule has 1 saturated heterocycles. The molecule has 1 saturated carbocycles. The highest BCUT2D eigenvalue weighted by Crippen LogP contribution is 2.42.